The van der Waals surface area contributed by atoms with Gasteiger partial charge in [0.05, 0.1) is 10.7 Å². The number of nitrogen functional groups attached to an aromatic ring is 1. The molecule has 1 amide bonds. The highest BCUT2D eigenvalue weighted by atomic mass is 35.5. The Kier molecular flexibility index (Phi) is 4.62. The molecule has 2 N–H and O–H groups in total. The van der Waals surface area contributed by atoms with E-state index in [0.29, 0.717) is 16.3 Å². The molecule has 0 heterocycles. The summed E-state index contributed by atoms with van der Waals surface area (Å²) in [5.74, 6) is -0.0182. The molecule has 0 aliphatic heterocycles. The zero-order valence-electron chi connectivity index (χ0n) is 9.66. The van der Waals surface area contributed by atoms with E-state index in [2.05, 4.69) is 6.92 Å². The number of carbonyl (C=O) groups is 1. The van der Waals surface area contributed by atoms with Crippen LogP contribution in [0, 0.1) is 0 Å². The molecule has 0 saturated carbocycles. The first kappa shape index (κ1) is 12.8. The maximum atomic E-state index is 11.9. The fraction of sp³-hybridized carbons (Fsp3) is 0.417. The maximum Gasteiger partial charge on any atom is 0.253 e. The van der Waals surface area contributed by atoms with Gasteiger partial charge in [-0.25, -0.2) is 0 Å². The fourth-order valence-corrected chi connectivity index (χ4v) is 1.56. The molecule has 1 aromatic carbocycles. The van der Waals surface area contributed by atoms with Gasteiger partial charge in [0, 0.05) is 19.2 Å². The predicted molar refractivity (Wildman–Crippen MR) is 67.7 cm³/mol. The van der Waals surface area contributed by atoms with Gasteiger partial charge >= 0.3 is 0 Å². The van der Waals surface area contributed by atoms with Crippen LogP contribution in [0.2, 0.25) is 5.02 Å². The second kappa shape index (κ2) is 5.75. The summed E-state index contributed by atoms with van der Waals surface area (Å²) >= 11 is 5.87. The van der Waals surface area contributed by atoms with Crippen LogP contribution in [0.1, 0.15) is 30.1 Å². The van der Waals surface area contributed by atoms with Crippen molar-refractivity contribution in [3.05, 3.63) is 28.8 Å². The minimum Gasteiger partial charge on any atom is -0.398 e. The zero-order valence-corrected chi connectivity index (χ0v) is 10.4. The predicted octanol–water partition coefficient (Wildman–Crippen LogP) is 2.79. The minimum atomic E-state index is -0.0182. The first-order valence-corrected chi connectivity index (χ1v) is 5.74. The van der Waals surface area contributed by atoms with Gasteiger partial charge in [-0.3, -0.25) is 4.79 Å². The third-order valence-corrected chi connectivity index (χ3v) is 2.77. The zero-order chi connectivity index (χ0) is 12.1. The molecule has 0 unspecified atom stereocenters. The second-order valence-electron chi connectivity index (χ2n) is 3.82. The van der Waals surface area contributed by atoms with Crippen molar-refractivity contribution in [1.82, 2.24) is 4.90 Å². The number of benzene rings is 1. The largest absolute Gasteiger partial charge is 0.398 e. The first-order valence-electron chi connectivity index (χ1n) is 5.36. The lowest BCUT2D eigenvalue weighted by molar-refractivity contribution is 0.0793. The molecule has 0 bridgehead atoms. The molecule has 0 aromatic heterocycles. The minimum absolute atomic E-state index is 0.0182. The highest BCUT2D eigenvalue weighted by Gasteiger charge is 2.11. The Bertz CT molecular complexity index is 379. The van der Waals surface area contributed by atoms with Crippen molar-refractivity contribution in [2.24, 2.45) is 0 Å². The number of carbonyl (C=O) groups excluding carboxylic acids is 1. The highest BCUT2D eigenvalue weighted by Crippen LogP contribution is 2.20. The molecule has 0 atom stereocenters. The van der Waals surface area contributed by atoms with E-state index in [1.165, 1.54) is 0 Å². The molecule has 1 aromatic rings. The average molecular weight is 241 g/mol. The molecule has 0 radical (unpaired) electrons. The lowest BCUT2D eigenvalue weighted by atomic mass is 10.2. The Labute approximate surface area is 101 Å². The van der Waals surface area contributed by atoms with E-state index in [9.17, 15) is 4.79 Å². The normalized spacial score (nSPS) is 10.2. The van der Waals surface area contributed by atoms with Gasteiger partial charge in [-0.15, -0.1) is 0 Å². The van der Waals surface area contributed by atoms with Crippen LogP contribution >= 0.6 is 11.6 Å². The molecular weight excluding hydrogens is 224 g/mol. The van der Waals surface area contributed by atoms with Crippen LogP contribution in [-0.2, 0) is 0 Å². The van der Waals surface area contributed by atoms with E-state index in [1.54, 1.807) is 30.1 Å². The number of amides is 1. The van der Waals surface area contributed by atoms with Crippen molar-refractivity contribution in [2.75, 3.05) is 19.3 Å². The number of halogens is 1. The molecule has 0 saturated heterocycles. The maximum absolute atomic E-state index is 11.9. The molecule has 1 rings (SSSR count). The van der Waals surface area contributed by atoms with Gasteiger partial charge in [0.25, 0.3) is 5.91 Å². The summed E-state index contributed by atoms with van der Waals surface area (Å²) in [5, 5.41) is 0.426. The number of anilines is 1. The van der Waals surface area contributed by atoms with E-state index >= 15 is 0 Å². The van der Waals surface area contributed by atoms with Gasteiger partial charge in [-0.1, -0.05) is 24.9 Å². The van der Waals surface area contributed by atoms with E-state index in [0.717, 1.165) is 19.4 Å². The lowest BCUT2D eigenvalue weighted by Gasteiger charge is -2.17. The lowest BCUT2D eigenvalue weighted by Crippen LogP contribution is -2.27. The summed E-state index contributed by atoms with van der Waals surface area (Å²) in [5.41, 5.74) is 6.66. The number of hydrogen-bond acceptors (Lipinski definition) is 2. The van der Waals surface area contributed by atoms with E-state index < -0.39 is 0 Å². The number of rotatable bonds is 4. The highest BCUT2D eigenvalue weighted by molar-refractivity contribution is 6.33. The van der Waals surface area contributed by atoms with Crippen LogP contribution in [0.4, 0.5) is 5.69 Å². The van der Waals surface area contributed by atoms with Crippen molar-refractivity contribution >= 4 is 23.2 Å². The summed E-state index contributed by atoms with van der Waals surface area (Å²) in [7, 11) is 1.79. The van der Waals surface area contributed by atoms with E-state index in [1.807, 2.05) is 0 Å². The average Bonchev–Trinajstić information content (AvgIpc) is 2.28. The third-order valence-electron chi connectivity index (χ3n) is 2.44. The molecule has 0 aliphatic carbocycles. The van der Waals surface area contributed by atoms with E-state index in [-0.39, 0.29) is 5.91 Å². The van der Waals surface area contributed by atoms with Crippen LogP contribution in [0.5, 0.6) is 0 Å². The Morgan fingerprint density at radius 1 is 1.50 bits per heavy atom. The SMILES string of the molecule is CCCCN(C)C(=O)c1ccc(N)c(Cl)c1. The monoisotopic (exact) mass is 240 g/mol. The molecule has 3 nitrogen and oxygen atoms in total. The van der Waals surface area contributed by atoms with Crippen LogP contribution in [0.15, 0.2) is 18.2 Å². The van der Waals surface area contributed by atoms with Gasteiger partial charge in [0.2, 0.25) is 0 Å². The number of nitrogens with zero attached hydrogens (tertiary/aromatic N) is 1. The Balaban J connectivity index is 2.76. The smallest absolute Gasteiger partial charge is 0.253 e. The van der Waals surface area contributed by atoms with Crippen molar-refractivity contribution < 1.29 is 4.79 Å². The Morgan fingerprint density at radius 2 is 2.19 bits per heavy atom. The van der Waals surface area contributed by atoms with Crippen molar-refractivity contribution in [3.8, 4) is 0 Å². The number of nitrogens with two attached hydrogens (primary N) is 1. The van der Waals surface area contributed by atoms with Crippen LogP contribution < -0.4 is 5.73 Å². The molecule has 0 aliphatic rings. The molecule has 88 valence electrons. The topological polar surface area (TPSA) is 46.3 Å². The molecule has 0 spiro atoms. The summed E-state index contributed by atoms with van der Waals surface area (Å²) in [6.07, 6.45) is 2.07. The second-order valence-corrected chi connectivity index (χ2v) is 4.22. The van der Waals surface area contributed by atoms with Gasteiger partial charge in [-0.2, -0.15) is 0 Å². The summed E-state index contributed by atoms with van der Waals surface area (Å²) in [4.78, 5) is 13.6. The summed E-state index contributed by atoms with van der Waals surface area (Å²) in [6, 6.07) is 4.97. The summed E-state index contributed by atoms with van der Waals surface area (Å²) < 4.78 is 0. The van der Waals surface area contributed by atoms with E-state index in [4.69, 9.17) is 17.3 Å². The fourth-order valence-electron chi connectivity index (χ4n) is 1.38. The summed E-state index contributed by atoms with van der Waals surface area (Å²) in [6.45, 7) is 2.86. The van der Waals surface area contributed by atoms with Gasteiger partial charge in [-0.05, 0) is 24.6 Å². The molecule has 16 heavy (non-hydrogen) atoms. The van der Waals surface area contributed by atoms with Crippen LogP contribution in [0.3, 0.4) is 0 Å². The standard InChI is InChI=1S/C12H17ClN2O/c1-3-4-7-15(2)12(16)9-5-6-11(14)10(13)8-9/h5-6,8H,3-4,7,14H2,1-2H3. The quantitative estimate of drug-likeness (QED) is 0.823. The van der Waals surface area contributed by atoms with Crippen molar-refractivity contribution in [2.45, 2.75) is 19.8 Å². The molecule has 0 fully saturated rings. The Morgan fingerprint density at radius 3 is 2.75 bits per heavy atom. The Hall–Kier alpha value is -1.22. The number of hydrogen-bond donors (Lipinski definition) is 1. The molecular formula is C12H17ClN2O. The first-order chi connectivity index (χ1) is 7.56. The van der Waals surface area contributed by atoms with Crippen molar-refractivity contribution in [1.29, 1.82) is 0 Å². The molecule has 4 heteroatoms. The number of unbranched alkanes of at least 4 members (excludes halogenated alkanes) is 1. The van der Waals surface area contributed by atoms with Crippen LogP contribution in [-0.4, -0.2) is 24.4 Å². The van der Waals surface area contributed by atoms with Crippen LogP contribution in [0.25, 0.3) is 0 Å². The van der Waals surface area contributed by atoms with Gasteiger partial charge in [0.15, 0.2) is 0 Å². The van der Waals surface area contributed by atoms with Gasteiger partial charge < -0.3 is 10.6 Å². The van der Waals surface area contributed by atoms with Crippen molar-refractivity contribution in [3.63, 3.8) is 0 Å². The third kappa shape index (κ3) is 3.14. The van der Waals surface area contributed by atoms with Gasteiger partial charge in [0.1, 0.15) is 0 Å².